The number of pyridine rings is 1. The van der Waals surface area contributed by atoms with E-state index in [1.165, 1.54) is 17.4 Å². The summed E-state index contributed by atoms with van der Waals surface area (Å²) in [6.45, 7) is 5.50. The van der Waals surface area contributed by atoms with Crippen molar-refractivity contribution in [2.45, 2.75) is 20.3 Å². The van der Waals surface area contributed by atoms with Gasteiger partial charge in [-0.25, -0.2) is 4.98 Å². The van der Waals surface area contributed by atoms with Gasteiger partial charge >= 0.3 is 0 Å². The zero-order chi connectivity index (χ0) is 11.8. The largest absolute Gasteiger partial charge is 0.370 e. The van der Waals surface area contributed by atoms with Crippen LogP contribution in [0.1, 0.15) is 18.9 Å². The van der Waals surface area contributed by atoms with Gasteiger partial charge in [0.2, 0.25) is 0 Å². The third kappa shape index (κ3) is 2.12. The molecule has 88 valence electrons. The zero-order valence-electron chi connectivity index (χ0n) is 10.4. The van der Waals surface area contributed by atoms with Crippen molar-refractivity contribution in [3.8, 4) is 0 Å². The summed E-state index contributed by atoms with van der Waals surface area (Å²) in [7, 11) is 0. The van der Waals surface area contributed by atoms with Crippen molar-refractivity contribution in [3.63, 3.8) is 0 Å². The van der Waals surface area contributed by atoms with Crippen molar-refractivity contribution in [2.75, 3.05) is 11.9 Å². The van der Waals surface area contributed by atoms with E-state index in [2.05, 4.69) is 48.4 Å². The summed E-state index contributed by atoms with van der Waals surface area (Å²) >= 11 is 0. The number of rotatable bonds is 3. The van der Waals surface area contributed by atoms with Gasteiger partial charge < -0.3 is 5.32 Å². The Kier molecular flexibility index (Phi) is 2.50. The maximum absolute atomic E-state index is 4.69. The first-order valence-corrected chi connectivity index (χ1v) is 6.34. The van der Waals surface area contributed by atoms with Gasteiger partial charge in [-0.15, -0.1) is 0 Å². The molecule has 2 atom stereocenters. The summed E-state index contributed by atoms with van der Waals surface area (Å²) in [5.74, 6) is 2.79. The highest BCUT2D eigenvalue weighted by Crippen LogP contribution is 2.37. The number of hydrogen-bond acceptors (Lipinski definition) is 2. The van der Waals surface area contributed by atoms with Crippen molar-refractivity contribution >= 4 is 16.7 Å². The molecule has 2 aromatic rings. The first-order valence-electron chi connectivity index (χ1n) is 6.34. The first-order chi connectivity index (χ1) is 8.24. The van der Waals surface area contributed by atoms with E-state index in [1.807, 2.05) is 6.07 Å². The number of nitrogens with zero attached hydrogens (tertiary/aromatic N) is 1. The third-order valence-electron chi connectivity index (χ3n) is 3.72. The van der Waals surface area contributed by atoms with Crippen LogP contribution in [0.4, 0.5) is 5.82 Å². The van der Waals surface area contributed by atoms with Crippen LogP contribution in [0.25, 0.3) is 10.9 Å². The fourth-order valence-electron chi connectivity index (χ4n) is 2.31. The van der Waals surface area contributed by atoms with Crippen molar-refractivity contribution in [1.82, 2.24) is 4.98 Å². The van der Waals surface area contributed by atoms with Crippen LogP contribution < -0.4 is 5.32 Å². The fraction of sp³-hybridized carbons (Fsp3) is 0.400. The number of anilines is 1. The highest BCUT2D eigenvalue weighted by atomic mass is 15.0. The van der Waals surface area contributed by atoms with E-state index in [0.29, 0.717) is 0 Å². The van der Waals surface area contributed by atoms with Crippen LogP contribution in [0.15, 0.2) is 30.3 Å². The number of hydrogen-bond donors (Lipinski definition) is 1. The molecule has 1 aliphatic rings. The fourth-order valence-corrected chi connectivity index (χ4v) is 2.31. The lowest BCUT2D eigenvalue weighted by molar-refractivity contribution is 0.784. The van der Waals surface area contributed by atoms with Crippen molar-refractivity contribution in [2.24, 2.45) is 11.8 Å². The van der Waals surface area contributed by atoms with Crippen LogP contribution in [-0.4, -0.2) is 11.5 Å². The van der Waals surface area contributed by atoms with Crippen LogP contribution in [-0.2, 0) is 0 Å². The SMILES string of the molecule is Cc1cc2ccccc2nc1NCC1CC1C. The molecule has 0 saturated heterocycles. The molecule has 0 amide bonds. The standard InChI is InChI=1S/C15H18N2/c1-10-7-13(10)9-16-15-11(2)8-12-5-3-4-6-14(12)17-15/h3-6,8,10,13H,7,9H2,1-2H3,(H,16,17). The molecule has 2 nitrogen and oxygen atoms in total. The van der Waals surface area contributed by atoms with E-state index in [4.69, 9.17) is 0 Å². The zero-order valence-corrected chi connectivity index (χ0v) is 10.4. The summed E-state index contributed by atoms with van der Waals surface area (Å²) in [4.78, 5) is 4.69. The van der Waals surface area contributed by atoms with E-state index < -0.39 is 0 Å². The van der Waals surface area contributed by atoms with Gasteiger partial charge in [-0.1, -0.05) is 25.1 Å². The van der Waals surface area contributed by atoms with Gasteiger partial charge in [-0.3, -0.25) is 0 Å². The Balaban J connectivity index is 1.85. The molecule has 1 heterocycles. The lowest BCUT2D eigenvalue weighted by Crippen LogP contribution is -2.07. The van der Waals surface area contributed by atoms with E-state index in [0.717, 1.165) is 29.7 Å². The summed E-state index contributed by atoms with van der Waals surface area (Å²) < 4.78 is 0. The summed E-state index contributed by atoms with van der Waals surface area (Å²) in [6.07, 6.45) is 1.36. The maximum atomic E-state index is 4.69. The second-order valence-electron chi connectivity index (χ2n) is 5.20. The lowest BCUT2D eigenvalue weighted by Gasteiger charge is -2.09. The second kappa shape index (κ2) is 4.02. The molecule has 1 N–H and O–H groups in total. The number of aryl methyl sites for hydroxylation is 1. The highest BCUT2D eigenvalue weighted by Gasteiger charge is 2.32. The Hall–Kier alpha value is -1.57. The van der Waals surface area contributed by atoms with Gasteiger partial charge in [-0.2, -0.15) is 0 Å². The van der Waals surface area contributed by atoms with Crippen LogP contribution in [0.2, 0.25) is 0 Å². The van der Waals surface area contributed by atoms with Gasteiger partial charge in [0, 0.05) is 11.9 Å². The van der Waals surface area contributed by atoms with Gasteiger partial charge in [0.15, 0.2) is 0 Å². The number of para-hydroxylation sites is 1. The Morgan fingerprint density at radius 1 is 1.35 bits per heavy atom. The Morgan fingerprint density at radius 2 is 2.12 bits per heavy atom. The summed E-state index contributed by atoms with van der Waals surface area (Å²) in [5.41, 5.74) is 2.31. The molecule has 2 heteroatoms. The minimum absolute atomic E-state index is 0.850. The predicted molar refractivity (Wildman–Crippen MR) is 72.2 cm³/mol. The molecule has 0 aliphatic heterocycles. The molecule has 0 radical (unpaired) electrons. The minimum atomic E-state index is 0.850. The average molecular weight is 226 g/mol. The highest BCUT2D eigenvalue weighted by molar-refractivity contribution is 5.81. The average Bonchev–Trinajstić information content (AvgIpc) is 3.03. The topological polar surface area (TPSA) is 24.9 Å². The van der Waals surface area contributed by atoms with E-state index in [1.54, 1.807) is 0 Å². The van der Waals surface area contributed by atoms with Crippen LogP contribution in [0, 0.1) is 18.8 Å². The number of nitrogens with one attached hydrogen (secondary N) is 1. The normalized spacial score (nSPS) is 22.7. The molecule has 1 aromatic heterocycles. The van der Waals surface area contributed by atoms with Crippen LogP contribution >= 0.6 is 0 Å². The van der Waals surface area contributed by atoms with Gasteiger partial charge in [-0.05, 0) is 42.9 Å². The van der Waals surface area contributed by atoms with E-state index in [-0.39, 0.29) is 0 Å². The van der Waals surface area contributed by atoms with Gasteiger partial charge in [0.25, 0.3) is 0 Å². The van der Waals surface area contributed by atoms with Crippen LogP contribution in [0.3, 0.4) is 0 Å². The number of fused-ring (bicyclic) bond motifs is 1. The lowest BCUT2D eigenvalue weighted by atomic mass is 10.1. The maximum Gasteiger partial charge on any atom is 0.129 e. The minimum Gasteiger partial charge on any atom is -0.370 e. The smallest absolute Gasteiger partial charge is 0.129 e. The van der Waals surface area contributed by atoms with Gasteiger partial charge in [0.1, 0.15) is 5.82 Å². The molecule has 2 unspecified atom stereocenters. The van der Waals surface area contributed by atoms with E-state index >= 15 is 0 Å². The van der Waals surface area contributed by atoms with E-state index in [9.17, 15) is 0 Å². The molecule has 0 bridgehead atoms. The molecule has 1 aliphatic carbocycles. The van der Waals surface area contributed by atoms with Crippen LogP contribution in [0.5, 0.6) is 0 Å². The Morgan fingerprint density at radius 3 is 2.88 bits per heavy atom. The van der Waals surface area contributed by atoms with Gasteiger partial charge in [0.05, 0.1) is 5.52 Å². The monoisotopic (exact) mass is 226 g/mol. The number of benzene rings is 1. The molecule has 3 rings (SSSR count). The Bertz CT molecular complexity index is 548. The van der Waals surface area contributed by atoms with Crippen molar-refractivity contribution in [1.29, 1.82) is 0 Å². The third-order valence-corrected chi connectivity index (χ3v) is 3.72. The van der Waals surface area contributed by atoms with Crippen molar-refractivity contribution < 1.29 is 0 Å². The molecule has 17 heavy (non-hydrogen) atoms. The molecule has 1 aromatic carbocycles. The molecular formula is C15H18N2. The number of aromatic nitrogens is 1. The Labute approximate surface area is 102 Å². The molecule has 0 spiro atoms. The second-order valence-corrected chi connectivity index (χ2v) is 5.20. The summed E-state index contributed by atoms with van der Waals surface area (Å²) in [5, 5.41) is 4.70. The predicted octanol–water partition coefficient (Wildman–Crippen LogP) is 3.61. The first kappa shape index (κ1) is 10.6. The quantitative estimate of drug-likeness (QED) is 0.864. The molecule has 1 saturated carbocycles. The summed E-state index contributed by atoms with van der Waals surface area (Å²) in [6, 6.07) is 10.5. The molecule has 1 fully saturated rings. The molecular weight excluding hydrogens is 208 g/mol. The van der Waals surface area contributed by atoms with Crippen molar-refractivity contribution in [3.05, 3.63) is 35.9 Å².